The van der Waals surface area contributed by atoms with E-state index in [-0.39, 0.29) is 0 Å². The first-order valence-corrected chi connectivity index (χ1v) is 29.9. The van der Waals surface area contributed by atoms with Gasteiger partial charge in [-0.1, -0.05) is 231 Å². The van der Waals surface area contributed by atoms with Gasteiger partial charge in [-0.25, -0.2) is 0 Å². The van der Waals surface area contributed by atoms with Gasteiger partial charge in [-0.05, 0) is 203 Å². The van der Waals surface area contributed by atoms with E-state index in [9.17, 15) is 0 Å². The van der Waals surface area contributed by atoms with Crippen LogP contribution in [-0.4, -0.2) is 9.13 Å². The van der Waals surface area contributed by atoms with Crippen LogP contribution in [0.4, 0.5) is 0 Å². The first kappa shape index (κ1) is 47.2. The molecule has 396 valence electrons. The van der Waals surface area contributed by atoms with Crippen LogP contribution in [0.15, 0.2) is 303 Å². The summed E-state index contributed by atoms with van der Waals surface area (Å²) in [6, 6.07) is 114. The summed E-state index contributed by atoms with van der Waals surface area (Å²) in [4.78, 5) is 0. The van der Waals surface area contributed by atoms with Crippen molar-refractivity contribution in [2.75, 3.05) is 0 Å². The zero-order chi connectivity index (χ0) is 56.1. The Morgan fingerprint density at radius 2 is 0.523 bits per heavy atom. The highest BCUT2D eigenvalue weighted by Gasteiger charge is 2.22. The standard InChI is InChI=1S/C84H50N2/c1-3-20-56(21-4-1)85-78-34-18-17-30-64(78)65-40-37-54(47-80(65)85)72-49-76-60-26-10-9-25-59(60)74-45-52(36-42-70(74)83(76)67-31-14-11-27-61(67)72)53-39-44-79-75(46-53)66-41-38-55(48-81(66)86(79)57-22-5-2-6-23-57)73-50-77-63-29-13-16-33-69(63)82-58-24-8-7-19-51(58)35-43-71(82)84(77)68-32-15-12-28-62(68)73/h1-50H. The Kier molecular flexibility index (Phi) is 9.93. The second-order valence-corrected chi connectivity index (χ2v) is 23.4. The number of hydrogen-bond donors (Lipinski definition) is 0. The highest BCUT2D eigenvalue weighted by atomic mass is 15.0. The molecule has 2 nitrogen and oxygen atoms in total. The summed E-state index contributed by atoms with van der Waals surface area (Å²) in [7, 11) is 0. The topological polar surface area (TPSA) is 9.86 Å². The molecule has 0 unspecified atom stereocenters. The predicted octanol–water partition coefficient (Wildman–Crippen LogP) is 23.3. The van der Waals surface area contributed by atoms with Gasteiger partial charge in [0.2, 0.25) is 0 Å². The molecule has 0 aliphatic rings. The van der Waals surface area contributed by atoms with Crippen LogP contribution < -0.4 is 0 Å². The molecule has 0 aliphatic heterocycles. The molecule has 86 heavy (non-hydrogen) atoms. The molecule has 0 fully saturated rings. The second-order valence-electron chi connectivity index (χ2n) is 23.4. The lowest BCUT2D eigenvalue weighted by Crippen LogP contribution is -1.94. The van der Waals surface area contributed by atoms with Gasteiger partial charge in [0, 0.05) is 32.9 Å². The number of hydrogen-bond acceptors (Lipinski definition) is 0. The molecular weight excluding hydrogens is 1040 g/mol. The van der Waals surface area contributed by atoms with Gasteiger partial charge < -0.3 is 9.13 Å². The summed E-state index contributed by atoms with van der Waals surface area (Å²) in [5.41, 5.74) is 14.3. The van der Waals surface area contributed by atoms with E-state index in [4.69, 9.17) is 0 Å². The zero-order valence-corrected chi connectivity index (χ0v) is 46.8. The van der Waals surface area contributed by atoms with Crippen LogP contribution in [0.25, 0.3) is 185 Å². The van der Waals surface area contributed by atoms with Gasteiger partial charge >= 0.3 is 0 Å². The van der Waals surface area contributed by atoms with E-state index >= 15 is 0 Å². The van der Waals surface area contributed by atoms with Crippen molar-refractivity contribution in [3.63, 3.8) is 0 Å². The molecule has 0 N–H and O–H groups in total. The zero-order valence-electron chi connectivity index (χ0n) is 46.8. The molecule has 0 amide bonds. The number of para-hydroxylation sites is 3. The van der Waals surface area contributed by atoms with Gasteiger partial charge in [0.05, 0.1) is 22.1 Å². The molecular formula is C84H50N2. The Balaban J connectivity index is 0.791. The number of nitrogens with zero attached hydrogens (tertiary/aromatic N) is 2. The van der Waals surface area contributed by atoms with Crippen molar-refractivity contribution in [2.24, 2.45) is 0 Å². The first-order valence-electron chi connectivity index (χ1n) is 29.9. The molecule has 0 atom stereocenters. The normalized spacial score (nSPS) is 12.2. The van der Waals surface area contributed by atoms with Crippen LogP contribution in [0.3, 0.4) is 0 Å². The lowest BCUT2D eigenvalue weighted by atomic mass is 9.86. The predicted molar refractivity (Wildman–Crippen MR) is 369 cm³/mol. The van der Waals surface area contributed by atoms with Gasteiger partial charge in [0.15, 0.2) is 0 Å². The van der Waals surface area contributed by atoms with Gasteiger partial charge in [-0.2, -0.15) is 0 Å². The molecule has 0 radical (unpaired) electrons. The third kappa shape index (κ3) is 6.72. The Hall–Kier alpha value is -11.3. The molecule has 0 spiro atoms. The maximum atomic E-state index is 2.48. The summed E-state index contributed by atoms with van der Waals surface area (Å²) < 4.78 is 4.89. The minimum atomic E-state index is 1.14. The van der Waals surface area contributed by atoms with Gasteiger partial charge in [0.1, 0.15) is 0 Å². The number of benzene rings is 17. The van der Waals surface area contributed by atoms with E-state index in [0.29, 0.717) is 0 Å². The smallest absolute Gasteiger partial charge is 0.0547 e. The fourth-order valence-electron chi connectivity index (χ4n) is 15.3. The van der Waals surface area contributed by atoms with Crippen LogP contribution in [-0.2, 0) is 0 Å². The minimum absolute atomic E-state index is 1.14. The number of fused-ring (bicyclic) bond motifs is 24. The Labute approximate surface area is 494 Å². The van der Waals surface area contributed by atoms with E-state index in [1.54, 1.807) is 0 Å². The van der Waals surface area contributed by atoms with E-state index in [1.165, 1.54) is 174 Å². The largest absolute Gasteiger partial charge is 0.309 e. The Morgan fingerprint density at radius 3 is 1.13 bits per heavy atom. The quantitative estimate of drug-likeness (QED) is 0.152. The van der Waals surface area contributed by atoms with Crippen molar-refractivity contribution in [1.82, 2.24) is 9.13 Å². The average Bonchev–Trinajstić information content (AvgIpc) is 1.34. The van der Waals surface area contributed by atoms with Crippen molar-refractivity contribution in [3.8, 4) is 44.8 Å². The number of aromatic nitrogens is 2. The second kappa shape index (κ2) is 18.1. The van der Waals surface area contributed by atoms with Gasteiger partial charge in [0.25, 0.3) is 0 Å². The van der Waals surface area contributed by atoms with Crippen LogP contribution in [0.2, 0.25) is 0 Å². The summed E-state index contributed by atoms with van der Waals surface area (Å²) in [6.07, 6.45) is 0. The van der Waals surface area contributed by atoms with E-state index < -0.39 is 0 Å². The van der Waals surface area contributed by atoms with Crippen molar-refractivity contribution < 1.29 is 0 Å². The summed E-state index contributed by atoms with van der Waals surface area (Å²) in [5.74, 6) is 0. The summed E-state index contributed by atoms with van der Waals surface area (Å²) >= 11 is 0. The van der Waals surface area contributed by atoms with E-state index in [2.05, 4.69) is 312 Å². The minimum Gasteiger partial charge on any atom is -0.309 e. The Morgan fingerprint density at radius 1 is 0.163 bits per heavy atom. The van der Waals surface area contributed by atoms with Crippen molar-refractivity contribution >= 4 is 141 Å². The molecule has 0 bridgehead atoms. The van der Waals surface area contributed by atoms with E-state index in [0.717, 1.165) is 11.4 Å². The Bertz CT molecular complexity index is 6120. The maximum absolute atomic E-state index is 2.48. The highest BCUT2D eigenvalue weighted by molar-refractivity contribution is 6.37. The molecule has 0 saturated heterocycles. The lowest BCUT2D eigenvalue weighted by Gasteiger charge is -2.17. The summed E-state index contributed by atoms with van der Waals surface area (Å²) in [6.45, 7) is 0. The van der Waals surface area contributed by atoms with Crippen molar-refractivity contribution in [2.45, 2.75) is 0 Å². The lowest BCUT2D eigenvalue weighted by molar-refractivity contribution is 1.18. The monoisotopic (exact) mass is 1090 g/mol. The maximum Gasteiger partial charge on any atom is 0.0547 e. The van der Waals surface area contributed by atoms with E-state index in [1.807, 2.05) is 0 Å². The third-order valence-electron chi connectivity index (χ3n) is 19.0. The van der Waals surface area contributed by atoms with Gasteiger partial charge in [-0.3, -0.25) is 0 Å². The van der Waals surface area contributed by atoms with Crippen LogP contribution in [0, 0.1) is 0 Å². The number of rotatable bonds is 5. The molecule has 2 heterocycles. The van der Waals surface area contributed by atoms with Crippen molar-refractivity contribution in [1.29, 1.82) is 0 Å². The van der Waals surface area contributed by atoms with Crippen LogP contribution >= 0.6 is 0 Å². The molecule has 17 aromatic carbocycles. The fraction of sp³-hybridized carbons (Fsp3) is 0. The van der Waals surface area contributed by atoms with Crippen molar-refractivity contribution in [3.05, 3.63) is 303 Å². The molecule has 0 aliphatic carbocycles. The van der Waals surface area contributed by atoms with Gasteiger partial charge in [-0.15, -0.1) is 0 Å². The molecule has 19 aromatic rings. The molecule has 2 aromatic heterocycles. The van der Waals surface area contributed by atoms with Crippen LogP contribution in [0.1, 0.15) is 0 Å². The molecule has 0 saturated carbocycles. The molecule has 19 rings (SSSR count). The highest BCUT2D eigenvalue weighted by Crippen LogP contribution is 2.48. The van der Waals surface area contributed by atoms with Crippen LogP contribution in [0.5, 0.6) is 0 Å². The summed E-state index contributed by atoms with van der Waals surface area (Å²) in [5, 5.41) is 27.9. The third-order valence-corrected chi connectivity index (χ3v) is 19.0. The first-order chi connectivity index (χ1) is 42.7. The molecule has 2 heteroatoms. The fourth-order valence-corrected chi connectivity index (χ4v) is 15.3. The average molecular weight is 1090 g/mol. The SMILES string of the molecule is c1ccc(-n2c3ccccc3c3ccc(-c4cc5c6ccccc6c6cc(-c7ccc8c(c7)c7ccc(-c9cc%10c%11ccccc%11c%11c%12ccccc%12ccc%11c%10c%10ccccc9%10)cc7n8-c7ccccc7)ccc6c5c5ccccc45)cc32)cc1.